The highest BCUT2D eigenvalue weighted by atomic mass is 32.3. The number of rotatable bonds is 2. The molecule has 0 spiro atoms. The Morgan fingerprint density at radius 1 is 1.26 bits per heavy atom. The summed E-state index contributed by atoms with van der Waals surface area (Å²) >= 11 is 1.97. The molecule has 0 amide bonds. The molecule has 8 heteroatoms. The molecule has 3 aliphatic rings. The topological polar surface area (TPSA) is 90.2 Å². The van der Waals surface area contributed by atoms with Crippen LogP contribution >= 0.6 is 11.8 Å². The lowest BCUT2D eigenvalue weighted by molar-refractivity contribution is 0.206. The van der Waals surface area contributed by atoms with Gasteiger partial charge in [0, 0.05) is 30.7 Å². The van der Waals surface area contributed by atoms with Gasteiger partial charge in [-0.2, -0.15) is 8.42 Å². The summed E-state index contributed by atoms with van der Waals surface area (Å²) in [5.41, 5.74) is 1.58. The lowest BCUT2D eigenvalue weighted by Crippen LogP contribution is -2.41. The standard InChI is InChI=1S/C15H26N2S.H2O4S/c1-10-4-5-13-11(2)14-8-17(9-18-3)7-12(14)6-15(13)16-10;1-5(2,3)4/h10-14H,4-9H2,1-3H3;(H2,1,2,3,4). The van der Waals surface area contributed by atoms with E-state index in [-0.39, 0.29) is 0 Å². The van der Waals surface area contributed by atoms with Crippen LogP contribution in [-0.4, -0.2) is 59.4 Å². The van der Waals surface area contributed by atoms with Crippen LogP contribution in [0.15, 0.2) is 4.99 Å². The van der Waals surface area contributed by atoms with Crippen molar-refractivity contribution in [1.82, 2.24) is 4.90 Å². The minimum absolute atomic E-state index is 0.587. The summed E-state index contributed by atoms with van der Waals surface area (Å²) in [7, 11) is -4.67. The smallest absolute Gasteiger partial charge is 0.294 e. The molecule has 1 saturated carbocycles. The van der Waals surface area contributed by atoms with E-state index in [2.05, 4.69) is 25.0 Å². The number of fused-ring (bicyclic) bond motifs is 2. The molecule has 1 aliphatic carbocycles. The van der Waals surface area contributed by atoms with E-state index in [4.69, 9.17) is 22.5 Å². The van der Waals surface area contributed by atoms with E-state index in [0.717, 1.165) is 23.7 Å². The Labute approximate surface area is 143 Å². The third kappa shape index (κ3) is 5.42. The van der Waals surface area contributed by atoms with E-state index in [1.165, 1.54) is 38.2 Å². The monoisotopic (exact) mass is 364 g/mol. The van der Waals surface area contributed by atoms with Gasteiger partial charge in [0.1, 0.15) is 0 Å². The third-order valence-electron chi connectivity index (χ3n) is 5.37. The lowest BCUT2D eigenvalue weighted by Gasteiger charge is -2.41. The molecule has 5 atom stereocenters. The minimum Gasteiger partial charge on any atom is -0.294 e. The Bertz CT molecular complexity index is 530. The number of hydrogen-bond acceptors (Lipinski definition) is 5. The van der Waals surface area contributed by atoms with Gasteiger partial charge >= 0.3 is 10.4 Å². The summed E-state index contributed by atoms with van der Waals surface area (Å²) < 4.78 is 31.6. The molecule has 3 rings (SSSR count). The van der Waals surface area contributed by atoms with Crippen molar-refractivity contribution in [3.8, 4) is 0 Å². The van der Waals surface area contributed by atoms with Gasteiger partial charge in [-0.1, -0.05) is 6.92 Å². The number of hydrogen-bond donors (Lipinski definition) is 2. The fourth-order valence-electron chi connectivity index (χ4n) is 4.46. The number of likely N-dealkylation sites (tertiary alicyclic amines) is 1. The Morgan fingerprint density at radius 3 is 2.52 bits per heavy atom. The molecule has 5 unspecified atom stereocenters. The first-order valence-electron chi connectivity index (χ1n) is 8.16. The van der Waals surface area contributed by atoms with Crippen LogP contribution in [0.3, 0.4) is 0 Å². The van der Waals surface area contributed by atoms with Gasteiger partial charge in [-0.05, 0) is 56.1 Å². The quantitative estimate of drug-likeness (QED) is 0.732. The van der Waals surface area contributed by atoms with Gasteiger partial charge in [-0.3, -0.25) is 19.0 Å². The minimum atomic E-state index is -4.67. The van der Waals surface area contributed by atoms with Gasteiger partial charge < -0.3 is 0 Å². The molecule has 1 saturated heterocycles. The number of nitrogens with zero attached hydrogens (tertiary/aromatic N) is 2. The predicted octanol–water partition coefficient (Wildman–Crippen LogP) is 2.48. The molecule has 0 aromatic heterocycles. The van der Waals surface area contributed by atoms with Crippen molar-refractivity contribution in [2.75, 3.05) is 25.2 Å². The summed E-state index contributed by atoms with van der Waals surface area (Å²) in [5.74, 6) is 4.73. The number of aliphatic imine (C=N–C) groups is 1. The van der Waals surface area contributed by atoms with Crippen LogP contribution in [0.5, 0.6) is 0 Å². The summed E-state index contributed by atoms with van der Waals surface area (Å²) in [5, 5.41) is 0. The van der Waals surface area contributed by atoms with E-state index >= 15 is 0 Å². The van der Waals surface area contributed by atoms with Crippen LogP contribution in [0.2, 0.25) is 0 Å². The SMILES string of the molecule is CSCN1CC2CC3=NC(C)CCC3C(C)C2C1.O=S(=O)(O)O. The van der Waals surface area contributed by atoms with Crippen LogP contribution in [-0.2, 0) is 10.4 Å². The first kappa shape index (κ1) is 19.2. The Morgan fingerprint density at radius 2 is 1.91 bits per heavy atom. The predicted molar refractivity (Wildman–Crippen MR) is 94.5 cm³/mol. The van der Waals surface area contributed by atoms with Crippen molar-refractivity contribution >= 4 is 27.9 Å². The molecule has 2 heterocycles. The Balaban J connectivity index is 0.000000338. The summed E-state index contributed by atoms with van der Waals surface area (Å²) in [4.78, 5) is 7.64. The highest BCUT2D eigenvalue weighted by Crippen LogP contribution is 2.45. The largest absolute Gasteiger partial charge is 0.394 e. The fraction of sp³-hybridized carbons (Fsp3) is 0.933. The van der Waals surface area contributed by atoms with Crippen molar-refractivity contribution in [3.63, 3.8) is 0 Å². The second-order valence-electron chi connectivity index (χ2n) is 7.04. The van der Waals surface area contributed by atoms with E-state index in [9.17, 15) is 0 Å². The van der Waals surface area contributed by atoms with Crippen molar-refractivity contribution in [3.05, 3.63) is 0 Å². The van der Waals surface area contributed by atoms with Gasteiger partial charge in [-0.25, -0.2) is 0 Å². The second kappa shape index (κ2) is 7.82. The lowest BCUT2D eigenvalue weighted by atomic mass is 9.65. The maximum absolute atomic E-state index is 8.74. The third-order valence-corrected chi connectivity index (χ3v) is 5.99. The first-order valence-corrected chi connectivity index (χ1v) is 11.0. The van der Waals surface area contributed by atoms with E-state index in [0.29, 0.717) is 6.04 Å². The van der Waals surface area contributed by atoms with E-state index < -0.39 is 10.4 Å². The molecule has 134 valence electrons. The molecule has 2 fully saturated rings. The zero-order valence-corrected chi connectivity index (χ0v) is 15.7. The molecule has 2 aliphatic heterocycles. The van der Waals surface area contributed by atoms with Gasteiger partial charge in [-0.15, -0.1) is 11.8 Å². The Kier molecular flexibility index (Phi) is 6.52. The maximum atomic E-state index is 8.74. The normalized spacial score (nSPS) is 37.3. The average molecular weight is 365 g/mol. The van der Waals surface area contributed by atoms with Crippen LogP contribution in [0, 0.1) is 23.7 Å². The van der Waals surface area contributed by atoms with Crippen molar-refractivity contribution in [2.45, 2.75) is 39.2 Å². The molecular formula is C15H28N2O4S2. The van der Waals surface area contributed by atoms with Gasteiger partial charge in [0.2, 0.25) is 0 Å². The second-order valence-corrected chi connectivity index (χ2v) is 8.77. The fourth-order valence-corrected chi connectivity index (χ4v) is 5.03. The zero-order chi connectivity index (χ0) is 17.2. The highest BCUT2D eigenvalue weighted by Gasteiger charge is 2.45. The molecule has 0 aromatic carbocycles. The van der Waals surface area contributed by atoms with E-state index in [1.54, 1.807) is 5.71 Å². The van der Waals surface area contributed by atoms with Crippen LogP contribution in [0.1, 0.15) is 33.1 Å². The van der Waals surface area contributed by atoms with Crippen LogP contribution < -0.4 is 0 Å². The Hall–Kier alpha value is -0.150. The first-order chi connectivity index (χ1) is 10.7. The van der Waals surface area contributed by atoms with Crippen molar-refractivity contribution < 1.29 is 17.5 Å². The molecule has 23 heavy (non-hydrogen) atoms. The van der Waals surface area contributed by atoms with Crippen molar-refractivity contribution in [1.29, 1.82) is 0 Å². The summed E-state index contributed by atoms with van der Waals surface area (Å²) in [6.45, 7) is 7.44. The zero-order valence-electron chi connectivity index (χ0n) is 14.1. The van der Waals surface area contributed by atoms with E-state index in [1.807, 2.05) is 11.8 Å². The molecule has 6 nitrogen and oxygen atoms in total. The van der Waals surface area contributed by atoms with Gasteiger partial charge in [0.05, 0.1) is 0 Å². The van der Waals surface area contributed by atoms with Gasteiger partial charge in [0.25, 0.3) is 0 Å². The van der Waals surface area contributed by atoms with Crippen LogP contribution in [0.4, 0.5) is 0 Å². The average Bonchev–Trinajstić information content (AvgIpc) is 2.80. The van der Waals surface area contributed by atoms with Crippen molar-refractivity contribution in [2.24, 2.45) is 28.7 Å². The maximum Gasteiger partial charge on any atom is 0.394 e. The molecule has 0 aromatic rings. The number of thioether (sulfide) groups is 1. The summed E-state index contributed by atoms with van der Waals surface area (Å²) in [6, 6.07) is 0.587. The molecular weight excluding hydrogens is 336 g/mol. The van der Waals surface area contributed by atoms with Crippen LogP contribution in [0.25, 0.3) is 0 Å². The molecule has 2 N–H and O–H groups in total. The summed E-state index contributed by atoms with van der Waals surface area (Å²) in [6.07, 6.45) is 6.23. The highest BCUT2D eigenvalue weighted by molar-refractivity contribution is 7.98. The molecule has 0 bridgehead atoms. The van der Waals surface area contributed by atoms with Gasteiger partial charge in [0.15, 0.2) is 0 Å². The molecule has 0 radical (unpaired) electrons.